The zero-order valence-electron chi connectivity index (χ0n) is 6.17. The van der Waals surface area contributed by atoms with E-state index in [9.17, 15) is 0 Å². The second-order valence-corrected chi connectivity index (χ2v) is 4.13. The maximum atomic E-state index is 4.26. The molecule has 0 bridgehead atoms. The Labute approximate surface area is 82.7 Å². The summed E-state index contributed by atoms with van der Waals surface area (Å²) in [5, 5.41) is 1.81. The maximum absolute atomic E-state index is 4.26. The number of hydrogen-bond donors (Lipinski definition) is 0. The Morgan fingerprint density at radius 2 is 2.00 bits per heavy atom. The molecule has 60 valence electrons. The van der Waals surface area contributed by atoms with Crippen molar-refractivity contribution in [3.05, 3.63) is 10.7 Å². The van der Waals surface area contributed by atoms with Crippen LogP contribution >= 0.6 is 39.5 Å². The maximum Gasteiger partial charge on any atom is 0.189 e. The lowest BCUT2D eigenvalue weighted by Crippen LogP contribution is -1.87. The van der Waals surface area contributed by atoms with Gasteiger partial charge in [-0.25, -0.2) is 9.97 Å². The highest BCUT2D eigenvalue weighted by molar-refractivity contribution is 9.10. The first-order valence-electron chi connectivity index (χ1n) is 2.89. The van der Waals surface area contributed by atoms with Crippen molar-refractivity contribution in [3.63, 3.8) is 0 Å². The van der Waals surface area contributed by atoms with Crippen molar-refractivity contribution in [2.45, 2.75) is 10.2 Å². The van der Waals surface area contributed by atoms with Crippen LogP contribution in [0.4, 0.5) is 0 Å². The summed E-state index contributed by atoms with van der Waals surface area (Å²) in [7, 11) is 0. The van der Waals surface area contributed by atoms with Crippen LogP contribution in [-0.4, -0.2) is 22.5 Å². The van der Waals surface area contributed by atoms with Crippen LogP contribution in [-0.2, 0) is 0 Å². The third kappa shape index (κ3) is 2.65. The van der Waals surface area contributed by atoms with E-state index in [-0.39, 0.29) is 0 Å². The van der Waals surface area contributed by atoms with E-state index in [1.165, 1.54) is 0 Å². The number of aromatic nitrogens is 2. The minimum Gasteiger partial charge on any atom is -0.216 e. The van der Waals surface area contributed by atoms with Gasteiger partial charge in [0.1, 0.15) is 9.63 Å². The average Bonchev–Trinajstić information content (AvgIpc) is 2.03. The van der Waals surface area contributed by atoms with E-state index in [0.29, 0.717) is 0 Å². The Balaban J connectivity index is 3.02. The smallest absolute Gasteiger partial charge is 0.189 e. The summed E-state index contributed by atoms with van der Waals surface area (Å²) < 4.78 is 0.848. The van der Waals surface area contributed by atoms with Gasteiger partial charge in [0.25, 0.3) is 0 Å². The fourth-order valence-electron chi connectivity index (χ4n) is 0.573. The number of hydrogen-bond acceptors (Lipinski definition) is 4. The van der Waals surface area contributed by atoms with Gasteiger partial charge < -0.3 is 0 Å². The molecular weight excluding hydrogens is 244 g/mol. The highest BCUT2D eigenvalue weighted by Crippen LogP contribution is 2.19. The van der Waals surface area contributed by atoms with Crippen molar-refractivity contribution >= 4 is 39.5 Å². The molecule has 0 unspecified atom stereocenters. The molecule has 0 N–H and O–H groups in total. The molecule has 5 heteroatoms. The van der Waals surface area contributed by atoms with Crippen molar-refractivity contribution in [1.29, 1.82) is 0 Å². The molecule has 0 aromatic carbocycles. The Morgan fingerprint density at radius 3 is 2.55 bits per heavy atom. The van der Waals surface area contributed by atoms with Gasteiger partial charge in [0, 0.05) is 6.07 Å². The highest BCUT2D eigenvalue weighted by atomic mass is 79.9. The van der Waals surface area contributed by atoms with Crippen LogP contribution < -0.4 is 0 Å². The normalized spacial score (nSPS) is 10.1. The first kappa shape index (κ1) is 9.35. The van der Waals surface area contributed by atoms with Crippen LogP contribution in [0.3, 0.4) is 0 Å². The summed E-state index contributed by atoms with van der Waals surface area (Å²) in [6.07, 6.45) is 3.96. The lowest BCUT2D eigenvalue weighted by atomic mass is 10.7. The van der Waals surface area contributed by atoms with Crippen LogP contribution in [0.1, 0.15) is 0 Å². The monoisotopic (exact) mass is 250 g/mol. The molecule has 11 heavy (non-hydrogen) atoms. The molecule has 0 aliphatic rings. The minimum atomic E-state index is 0.809. The molecule has 1 aromatic rings. The topological polar surface area (TPSA) is 25.8 Å². The Bertz CT molecular complexity index is 232. The Hall–Kier alpha value is 0.260. The van der Waals surface area contributed by atoms with E-state index in [4.69, 9.17) is 0 Å². The average molecular weight is 251 g/mol. The van der Waals surface area contributed by atoms with E-state index < -0.39 is 0 Å². The van der Waals surface area contributed by atoms with E-state index >= 15 is 0 Å². The Kier molecular flexibility index (Phi) is 3.68. The van der Waals surface area contributed by atoms with Gasteiger partial charge in [-0.15, -0.1) is 11.8 Å². The molecule has 0 aliphatic heterocycles. The zero-order chi connectivity index (χ0) is 8.27. The number of halogens is 1. The second-order valence-electron chi connectivity index (χ2n) is 1.72. The van der Waals surface area contributed by atoms with E-state index in [0.717, 1.165) is 14.8 Å². The predicted molar refractivity (Wildman–Crippen MR) is 53.3 cm³/mol. The second kappa shape index (κ2) is 4.33. The van der Waals surface area contributed by atoms with E-state index in [2.05, 4.69) is 25.9 Å². The van der Waals surface area contributed by atoms with Crippen molar-refractivity contribution < 1.29 is 0 Å². The third-order valence-electron chi connectivity index (χ3n) is 1.04. The molecule has 0 saturated carbocycles. The van der Waals surface area contributed by atoms with Gasteiger partial charge in [-0.2, -0.15) is 0 Å². The Morgan fingerprint density at radius 1 is 1.27 bits per heavy atom. The zero-order valence-corrected chi connectivity index (χ0v) is 9.39. The van der Waals surface area contributed by atoms with Gasteiger partial charge in [0.2, 0.25) is 0 Å². The molecular formula is C6H7BrN2S2. The summed E-state index contributed by atoms with van der Waals surface area (Å²) in [5.74, 6) is 0. The summed E-state index contributed by atoms with van der Waals surface area (Å²) in [6.45, 7) is 0. The van der Waals surface area contributed by atoms with Crippen molar-refractivity contribution in [2.24, 2.45) is 0 Å². The van der Waals surface area contributed by atoms with Crippen molar-refractivity contribution in [1.82, 2.24) is 9.97 Å². The molecule has 0 spiro atoms. The first-order chi connectivity index (χ1) is 5.26. The summed E-state index contributed by atoms with van der Waals surface area (Å²) in [5.41, 5.74) is 0. The molecule has 1 aromatic heterocycles. The third-order valence-corrected chi connectivity index (χ3v) is 2.62. The number of rotatable bonds is 2. The van der Waals surface area contributed by atoms with Gasteiger partial charge in [0.05, 0.1) is 0 Å². The first-order valence-corrected chi connectivity index (χ1v) is 6.13. The van der Waals surface area contributed by atoms with Gasteiger partial charge >= 0.3 is 0 Å². The van der Waals surface area contributed by atoms with Gasteiger partial charge in [0.15, 0.2) is 5.16 Å². The minimum absolute atomic E-state index is 0.809. The summed E-state index contributed by atoms with van der Waals surface area (Å²) in [6, 6.07) is 1.91. The van der Waals surface area contributed by atoms with E-state index in [1.807, 2.05) is 18.6 Å². The van der Waals surface area contributed by atoms with Gasteiger partial charge in [-0.3, -0.25) is 0 Å². The molecule has 2 nitrogen and oxygen atoms in total. The van der Waals surface area contributed by atoms with Crippen LogP contribution in [0.2, 0.25) is 0 Å². The fraction of sp³-hybridized carbons (Fsp3) is 0.333. The quantitative estimate of drug-likeness (QED) is 0.458. The van der Waals surface area contributed by atoms with Crippen LogP contribution in [0.5, 0.6) is 0 Å². The number of nitrogens with zero attached hydrogens (tertiary/aromatic N) is 2. The van der Waals surface area contributed by atoms with Crippen molar-refractivity contribution in [3.8, 4) is 0 Å². The summed E-state index contributed by atoms with van der Waals surface area (Å²) >= 11 is 6.48. The molecule has 0 atom stereocenters. The SMILES string of the molecule is CSc1cc(Br)nc(SC)n1. The van der Waals surface area contributed by atoms with E-state index in [1.54, 1.807) is 23.5 Å². The molecule has 1 rings (SSSR count). The van der Waals surface area contributed by atoms with Crippen LogP contribution in [0.25, 0.3) is 0 Å². The molecule has 0 radical (unpaired) electrons. The highest BCUT2D eigenvalue weighted by Gasteiger charge is 1.99. The van der Waals surface area contributed by atoms with Gasteiger partial charge in [-0.1, -0.05) is 11.8 Å². The molecule has 0 aliphatic carbocycles. The standard InChI is InChI=1S/C6H7BrN2S2/c1-10-5-3-4(7)8-6(9-5)11-2/h3H,1-2H3. The van der Waals surface area contributed by atoms with Crippen LogP contribution in [0.15, 0.2) is 20.9 Å². The molecule has 0 fully saturated rings. The lowest BCUT2D eigenvalue weighted by molar-refractivity contribution is 0.879. The van der Waals surface area contributed by atoms with Gasteiger partial charge in [-0.05, 0) is 28.4 Å². The molecule has 1 heterocycles. The predicted octanol–water partition coefficient (Wildman–Crippen LogP) is 2.68. The lowest BCUT2D eigenvalue weighted by Gasteiger charge is -1.98. The summed E-state index contributed by atoms with van der Waals surface area (Å²) in [4.78, 5) is 8.41. The molecule has 0 saturated heterocycles. The molecule has 0 amide bonds. The van der Waals surface area contributed by atoms with Crippen molar-refractivity contribution in [2.75, 3.05) is 12.5 Å². The number of thioether (sulfide) groups is 2. The fourth-order valence-corrected chi connectivity index (χ4v) is 2.07. The largest absolute Gasteiger partial charge is 0.216 e. The van der Waals surface area contributed by atoms with Crippen LogP contribution in [0, 0.1) is 0 Å².